The maximum Gasteiger partial charge on any atom is 0.407 e. The van der Waals surface area contributed by atoms with Crippen molar-refractivity contribution >= 4 is 6.09 Å². The number of aromatic hydroxyl groups is 1. The van der Waals surface area contributed by atoms with Crippen LogP contribution >= 0.6 is 0 Å². The van der Waals surface area contributed by atoms with E-state index >= 15 is 0 Å². The number of hydrogen-bond acceptors (Lipinski definition) is 4. The third-order valence-electron chi connectivity index (χ3n) is 2.70. The van der Waals surface area contributed by atoms with Crippen molar-refractivity contribution in [3.05, 3.63) is 24.3 Å². The molecule has 1 aromatic carbocycles. The van der Waals surface area contributed by atoms with Gasteiger partial charge >= 0.3 is 6.09 Å². The quantitative estimate of drug-likeness (QED) is 0.844. The summed E-state index contributed by atoms with van der Waals surface area (Å²) in [7, 11) is 0. The predicted octanol–water partition coefficient (Wildman–Crippen LogP) is 1.15. The van der Waals surface area contributed by atoms with Gasteiger partial charge in [0.15, 0.2) is 11.5 Å². The summed E-state index contributed by atoms with van der Waals surface area (Å²) < 4.78 is 10.8. The van der Waals surface area contributed by atoms with Crippen molar-refractivity contribution in [3.8, 4) is 11.5 Å². The zero-order valence-electron chi connectivity index (χ0n) is 9.78. The van der Waals surface area contributed by atoms with E-state index in [0.717, 1.165) is 0 Å². The lowest BCUT2D eigenvalue weighted by atomic mass is 10.3. The Bertz CT molecular complexity index is 423. The van der Waals surface area contributed by atoms with Gasteiger partial charge in [-0.05, 0) is 12.1 Å². The van der Waals surface area contributed by atoms with Gasteiger partial charge in [-0.15, -0.1) is 0 Å². The number of amides is 1. The lowest BCUT2D eigenvalue weighted by Gasteiger charge is -2.30. The molecule has 0 unspecified atom stereocenters. The van der Waals surface area contributed by atoms with Crippen molar-refractivity contribution in [2.45, 2.75) is 6.10 Å². The van der Waals surface area contributed by atoms with E-state index in [1.807, 2.05) is 0 Å². The average molecular weight is 253 g/mol. The predicted molar refractivity (Wildman–Crippen MR) is 62.9 cm³/mol. The number of morpholine rings is 1. The molecule has 6 nitrogen and oxygen atoms in total. The average Bonchev–Trinajstić information content (AvgIpc) is 2.38. The van der Waals surface area contributed by atoms with Crippen LogP contribution in [0.2, 0.25) is 0 Å². The summed E-state index contributed by atoms with van der Waals surface area (Å²) in [5.74, 6) is 0.428. The van der Waals surface area contributed by atoms with Gasteiger partial charge in [0.1, 0.15) is 12.7 Å². The largest absolute Gasteiger partial charge is 0.504 e. The second-order valence-corrected chi connectivity index (χ2v) is 4.00. The van der Waals surface area contributed by atoms with Gasteiger partial charge in [-0.1, -0.05) is 12.1 Å². The molecule has 1 amide bonds. The zero-order chi connectivity index (χ0) is 13.0. The summed E-state index contributed by atoms with van der Waals surface area (Å²) in [6.07, 6.45) is -1.26. The van der Waals surface area contributed by atoms with Crippen molar-refractivity contribution in [2.24, 2.45) is 0 Å². The molecule has 1 aliphatic heterocycles. The SMILES string of the molecule is O=C(O)N1CCO[C@H](COc2ccccc2O)C1. The summed E-state index contributed by atoms with van der Waals surface area (Å²) in [6.45, 7) is 1.23. The maximum atomic E-state index is 10.8. The molecule has 2 N–H and O–H groups in total. The monoisotopic (exact) mass is 253 g/mol. The number of nitrogens with zero attached hydrogens (tertiary/aromatic N) is 1. The van der Waals surface area contributed by atoms with E-state index < -0.39 is 6.09 Å². The number of carboxylic acid groups (broad SMARTS) is 1. The van der Waals surface area contributed by atoms with E-state index in [1.54, 1.807) is 18.2 Å². The number of phenols is 1. The number of rotatable bonds is 3. The van der Waals surface area contributed by atoms with Gasteiger partial charge < -0.3 is 24.6 Å². The van der Waals surface area contributed by atoms with Crippen LogP contribution in [0.1, 0.15) is 0 Å². The van der Waals surface area contributed by atoms with Crippen molar-refractivity contribution < 1.29 is 24.5 Å². The van der Waals surface area contributed by atoms with Crippen molar-refractivity contribution in [1.29, 1.82) is 0 Å². The topological polar surface area (TPSA) is 79.2 Å². The van der Waals surface area contributed by atoms with Crippen LogP contribution in [0.5, 0.6) is 11.5 Å². The number of benzene rings is 1. The van der Waals surface area contributed by atoms with Crippen LogP contribution in [0.4, 0.5) is 4.79 Å². The first-order chi connectivity index (χ1) is 8.66. The van der Waals surface area contributed by atoms with Gasteiger partial charge in [0, 0.05) is 6.54 Å². The Kier molecular flexibility index (Phi) is 3.88. The van der Waals surface area contributed by atoms with Crippen LogP contribution in [-0.4, -0.2) is 53.6 Å². The Morgan fingerprint density at radius 2 is 2.28 bits per heavy atom. The molecule has 98 valence electrons. The molecule has 0 aliphatic carbocycles. The van der Waals surface area contributed by atoms with E-state index in [-0.39, 0.29) is 25.0 Å². The highest BCUT2D eigenvalue weighted by atomic mass is 16.5. The van der Waals surface area contributed by atoms with Crippen molar-refractivity contribution in [2.75, 3.05) is 26.3 Å². The van der Waals surface area contributed by atoms with Crippen molar-refractivity contribution in [1.82, 2.24) is 4.90 Å². The highest BCUT2D eigenvalue weighted by molar-refractivity contribution is 5.65. The van der Waals surface area contributed by atoms with Crippen LogP contribution in [0.3, 0.4) is 0 Å². The Hall–Kier alpha value is -1.95. The fourth-order valence-electron chi connectivity index (χ4n) is 1.76. The van der Waals surface area contributed by atoms with Crippen LogP contribution < -0.4 is 4.74 Å². The summed E-state index contributed by atoms with van der Waals surface area (Å²) in [6, 6.07) is 6.62. The van der Waals surface area contributed by atoms with E-state index in [2.05, 4.69) is 0 Å². The Morgan fingerprint density at radius 3 is 3.00 bits per heavy atom. The summed E-state index contributed by atoms with van der Waals surface area (Å²) in [4.78, 5) is 12.1. The number of hydrogen-bond donors (Lipinski definition) is 2. The van der Waals surface area contributed by atoms with E-state index in [4.69, 9.17) is 14.6 Å². The Balaban J connectivity index is 1.87. The molecule has 1 saturated heterocycles. The highest BCUT2D eigenvalue weighted by Gasteiger charge is 2.24. The van der Waals surface area contributed by atoms with Gasteiger partial charge in [0.05, 0.1) is 13.2 Å². The molecule has 1 aliphatic rings. The molecule has 0 radical (unpaired) electrons. The number of para-hydroxylation sites is 2. The molecule has 1 aromatic rings. The van der Waals surface area contributed by atoms with Gasteiger partial charge in [-0.25, -0.2) is 4.79 Å². The number of ether oxygens (including phenoxy) is 2. The molecule has 2 rings (SSSR count). The first-order valence-electron chi connectivity index (χ1n) is 5.67. The molecular weight excluding hydrogens is 238 g/mol. The third kappa shape index (κ3) is 3.04. The standard InChI is InChI=1S/C12H15NO5/c14-10-3-1-2-4-11(10)18-8-9-7-13(12(15)16)5-6-17-9/h1-4,9,14H,5-8H2,(H,15,16)/t9-/m0/s1. The first-order valence-corrected chi connectivity index (χ1v) is 5.67. The third-order valence-corrected chi connectivity index (χ3v) is 2.70. The van der Waals surface area contributed by atoms with Gasteiger partial charge in [-0.2, -0.15) is 0 Å². The zero-order valence-corrected chi connectivity index (χ0v) is 9.78. The van der Waals surface area contributed by atoms with Crippen LogP contribution in [0, 0.1) is 0 Å². The van der Waals surface area contributed by atoms with Crippen LogP contribution in [0.15, 0.2) is 24.3 Å². The molecular formula is C12H15NO5. The summed E-state index contributed by atoms with van der Waals surface area (Å²) >= 11 is 0. The molecule has 0 bridgehead atoms. The van der Waals surface area contributed by atoms with Gasteiger partial charge in [-0.3, -0.25) is 0 Å². The van der Waals surface area contributed by atoms with E-state index in [9.17, 15) is 9.90 Å². The molecule has 6 heteroatoms. The maximum absolute atomic E-state index is 10.8. The van der Waals surface area contributed by atoms with Crippen molar-refractivity contribution in [3.63, 3.8) is 0 Å². The lowest BCUT2D eigenvalue weighted by molar-refractivity contribution is -0.0414. The summed E-state index contributed by atoms with van der Waals surface area (Å²) in [5, 5.41) is 18.4. The fraction of sp³-hybridized carbons (Fsp3) is 0.417. The smallest absolute Gasteiger partial charge is 0.407 e. The van der Waals surface area contributed by atoms with E-state index in [0.29, 0.717) is 18.9 Å². The molecule has 18 heavy (non-hydrogen) atoms. The molecule has 0 spiro atoms. The fourth-order valence-corrected chi connectivity index (χ4v) is 1.76. The minimum absolute atomic E-state index is 0.0587. The Labute approximate surface area is 104 Å². The normalized spacial score (nSPS) is 19.6. The van der Waals surface area contributed by atoms with E-state index in [1.165, 1.54) is 11.0 Å². The molecule has 0 saturated carbocycles. The number of phenolic OH excluding ortho intramolecular Hbond substituents is 1. The second-order valence-electron chi connectivity index (χ2n) is 4.00. The molecule has 0 aromatic heterocycles. The Morgan fingerprint density at radius 1 is 1.50 bits per heavy atom. The molecule has 1 atom stereocenters. The first kappa shape index (κ1) is 12.5. The lowest BCUT2D eigenvalue weighted by Crippen LogP contribution is -2.47. The highest BCUT2D eigenvalue weighted by Crippen LogP contribution is 2.24. The molecule has 1 fully saturated rings. The molecule has 1 heterocycles. The number of carbonyl (C=O) groups is 1. The van der Waals surface area contributed by atoms with Gasteiger partial charge in [0.25, 0.3) is 0 Å². The minimum atomic E-state index is -0.953. The van der Waals surface area contributed by atoms with Gasteiger partial charge in [0.2, 0.25) is 0 Å². The van der Waals surface area contributed by atoms with Crippen LogP contribution in [0.25, 0.3) is 0 Å². The second kappa shape index (κ2) is 5.59. The minimum Gasteiger partial charge on any atom is -0.504 e. The summed E-state index contributed by atoms with van der Waals surface area (Å²) in [5.41, 5.74) is 0. The van der Waals surface area contributed by atoms with Crippen LogP contribution in [-0.2, 0) is 4.74 Å².